The molecule has 2 heterocycles. The van der Waals surface area contributed by atoms with Gasteiger partial charge >= 0.3 is 0 Å². The Morgan fingerprint density at radius 3 is 2.56 bits per heavy atom. The van der Waals surface area contributed by atoms with Crippen molar-refractivity contribution in [2.45, 2.75) is 38.6 Å². The Bertz CT molecular complexity index is 202. The van der Waals surface area contributed by atoms with Crippen molar-refractivity contribution in [3.8, 4) is 0 Å². The molecule has 0 amide bonds. The van der Waals surface area contributed by atoms with Crippen LogP contribution < -0.4 is 5.73 Å². The zero-order valence-electron chi connectivity index (χ0n) is 10.5. The van der Waals surface area contributed by atoms with Crippen LogP contribution in [0.2, 0.25) is 0 Å². The van der Waals surface area contributed by atoms with Crippen LogP contribution in [0.1, 0.15) is 32.6 Å². The molecule has 0 aromatic heterocycles. The third kappa shape index (κ3) is 3.19. The average molecular weight is 226 g/mol. The molecule has 0 aromatic rings. The van der Waals surface area contributed by atoms with Crippen LogP contribution >= 0.6 is 0 Å². The molecule has 2 aliphatic rings. The second-order valence-electron chi connectivity index (χ2n) is 5.49. The van der Waals surface area contributed by atoms with Crippen molar-refractivity contribution in [1.82, 2.24) is 4.90 Å². The molecule has 0 aliphatic carbocycles. The second-order valence-corrected chi connectivity index (χ2v) is 5.49. The molecule has 2 saturated heterocycles. The third-order valence-corrected chi connectivity index (χ3v) is 4.14. The molecule has 2 unspecified atom stereocenters. The summed E-state index contributed by atoms with van der Waals surface area (Å²) in [5.41, 5.74) is 6.02. The van der Waals surface area contributed by atoms with Crippen molar-refractivity contribution >= 4 is 0 Å². The smallest absolute Gasteiger partial charge is 0.0621 e. The van der Waals surface area contributed by atoms with E-state index in [-0.39, 0.29) is 6.04 Å². The summed E-state index contributed by atoms with van der Waals surface area (Å²) >= 11 is 0. The lowest BCUT2D eigenvalue weighted by molar-refractivity contribution is 0.138. The lowest BCUT2D eigenvalue weighted by Crippen LogP contribution is -2.42. The molecule has 16 heavy (non-hydrogen) atoms. The van der Waals surface area contributed by atoms with Crippen LogP contribution in [0.25, 0.3) is 0 Å². The molecule has 0 radical (unpaired) electrons. The molecule has 3 heteroatoms. The zero-order chi connectivity index (χ0) is 11.4. The first-order valence-electron chi connectivity index (χ1n) is 6.85. The van der Waals surface area contributed by atoms with E-state index in [0.29, 0.717) is 5.92 Å². The van der Waals surface area contributed by atoms with Crippen molar-refractivity contribution in [3.05, 3.63) is 0 Å². The minimum atomic E-state index is 0.272. The fourth-order valence-corrected chi connectivity index (χ4v) is 3.00. The zero-order valence-corrected chi connectivity index (χ0v) is 10.5. The fourth-order valence-electron chi connectivity index (χ4n) is 3.00. The molecule has 0 saturated carbocycles. The number of rotatable bonds is 4. The minimum absolute atomic E-state index is 0.272. The highest BCUT2D eigenvalue weighted by atomic mass is 16.5. The van der Waals surface area contributed by atoms with Gasteiger partial charge in [-0.15, -0.1) is 0 Å². The average Bonchev–Trinajstić information content (AvgIpc) is 2.68. The first-order chi connectivity index (χ1) is 7.79. The SMILES string of the molecule is CCCC1CCN(CC2COCC2N)CC1. The summed E-state index contributed by atoms with van der Waals surface area (Å²) in [5.74, 6) is 1.55. The van der Waals surface area contributed by atoms with Gasteiger partial charge in [0.15, 0.2) is 0 Å². The van der Waals surface area contributed by atoms with E-state index in [1.165, 1.54) is 38.8 Å². The largest absolute Gasteiger partial charge is 0.379 e. The lowest BCUT2D eigenvalue weighted by atomic mass is 9.91. The molecule has 0 bridgehead atoms. The molecular weight excluding hydrogens is 200 g/mol. The van der Waals surface area contributed by atoms with Crippen LogP contribution in [0.4, 0.5) is 0 Å². The predicted molar refractivity (Wildman–Crippen MR) is 66.4 cm³/mol. The van der Waals surface area contributed by atoms with Crippen LogP contribution in [-0.4, -0.2) is 43.8 Å². The van der Waals surface area contributed by atoms with E-state index in [1.807, 2.05) is 0 Å². The summed E-state index contributed by atoms with van der Waals surface area (Å²) in [6.07, 6.45) is 5.53. The fraction of sp³-hybridized carbons (Fsp3) is 1.00. The Morgan fingerprint density at radius 2 is 2.00 bits per heavy atom. The molecule has 2 aliphatic heterocycles. The number of hydrogen-bond donors (Lipinski definition) is 1. The van der Waals surface area contributed by atoms with Crippen LogP contribution in [0.15, 0.2) is 0 Å². The lowest BCUT2D eigenvalue weighted by Gasteiger charge is -2.33. The predicted octanol–water partition coefficient (Wildman–Crippen LogP) is 1.47. The molecule has 2 N–H and O–H groups in total. The Hall–Kier alpha value is -0.120. The van der Waals surface area contributed by atoms with Gasteiger partial charge in [0.1, 0.15) is 0 Å². The molecule has 2 atom stereocenters. The van der Waals surface area contributed by atoms with Crippen molar-refractivity contribution < 1.29 is 4.74 Å². The maximum Gasteiger partial charge on any atom is 0.0621 e. The maximum absolute atomic E-state index is 6.02. The van der Waals surface area contributed by atoms with Crippen molar-refractivity contribution in [2.24, 2.45) is 17.6 Å². The Labute approximate surface area is 99.3 Å². The van der Waals surface area contributed by atoms with E-state index in [1.54, 1.807) is 0 Å². The highest BCUT2D eigenvalue weighted by molar-refractivity contribution is 4.82. The summed E-state index contributed by atoms with van der Waals surface area (Å²) < 4.78 is 5.42. The summed E-state index contributed by atoms with van der Waals surface area (Å²) in [6, 6.07) is 0.272. The minimum Gasteiger partial charge on any atom is -0.379 e. The topological polar surface area (TPSA) is 38.5 Å². The Balaban J connectivity index is 1.68. The van der Waals surface area contributed by atoms with Gasteiger partial charge in [-0.25, -0.2) is 0 Å². The molecular formula is C13H26N2O. The molecule has 2 fully saturated rings. The molecule has 2 rings (SSSR count). The van der Waals surface area contributed by atoms with Crippen molar-refractivity contribution in [3.63, 3.8) is 0 Å². The molecule has 0 aromatic carbocycles. The van der Waals surface area contributed by atoms with Gasteiger partial charge in [0.05, 0.1) is 13.2 Å². The monoisotopic (exact) mass is 226 g/mol. The summed E-state index contributed by atoms with van der Waals surface area (Å²) in [6.45, 7) is 7.62. The van der Waals surface area contributed by atoms with Crippen molar-refractivity contribution in [1.29, 1.82) is 0 Å². The van der Waals surface area contributed by atoms with E-state index >= 15 is 0 Å². The van der Waals surface area contributed by atoms with Crippen LogP contribution in [-0.2, 0) is 4.74 Å². The number of hydrogen-bond acceptors (Lipinski definition) is 3. The second kappa shape index (κ2) is 5.99. The van der Waals surface area contributed by atoms with E-state index < -0.39 is 0 Å². The van der Waals surface area contributed by atoms with Crippen LogP contribution in [0.5, 0.6) is 0 Å². The quantitative estimate of drug-likeness (QED) is 0.789. The van der Waals surface area contributed by atoms with Crippen molar-refractivity contribution in [2.75, 3.05) is 32.8 Å². The van der Waals surface area contributed by atoms with Gasteiger partial charge in [0.2, 0.25) is 0 Å². The van der Waals surface area contributed by atoms with Gasteiger partial charge in [-0.2, -0.15) is 0 Å². The maximum atomic E-state index is 6.02. The normalized spacial score (nSPS) is 33.4. The van der Waals surface area contributed by atoms with E-state index in [2.05, 4.69) is 11.8 Å². The number of nitrogens with two attached hydrogens (primary N) is 1. The van der Waals surface area contributed by atoms with E-state index in [9.17, 15) is 0 Å². The molecule has 94 valence electrons. The number of nitrogens with zero attached hydrogens (tertiary/aromatic N) is 1. The number of piperidine rings is 1. The van der Waals surface area contributed by atoms with Crippen LogP contribution in [0, 0.1) is 11.8 Å². The van der Waals surface area contributed by atoms with E-state index in [0.717, 1.165) is 25.7 Å². The van der Waals surface area contributed by atoms with Gasteiger partial charge in [-0.1, -0.05) is 19.8 Å². The summed E-state index contributed by atoms with van der Waals surface area (Å²) in [4.78, 5) is 2.59. The number of likely N-dealkylation sites (tertiary alicyclic amines) is 1. The number of ether oxygens (including phenoxy) is 1. The highest BCUT2D eigenvalue weighted by Crippen LogP contribution is 2.23. The first kappa shape index (κ1) is 12.3. The van der Waals surface area contributed by atoms with Gasteiger partial charge in [-0.05, 0) is 31.8 Å². The van der Waals surface area contributed by atoms with Gasteiger partial charge in [-0.3, -0.25) is 0 Å². The van der Waals surface area contributed by atoms with E-state index in [4.69, 9.17) is 10.5 Å². The molecule has 3 nitrogen and oxygen atoms in total. The Kier molecular flexibility index (Phi) is 4.62. The van der Waals surface area contributed by atoms with Gasteiger partial charge in [0.25, 0.3) is 0 Å². The summed E-state index contributed by atoms with van der Waals surface area (Å²) in [7, 11) is 0. The van der Waals surface area contributed by atoms with Crippen LogP contribution in [0.3, 0.4) is 0 Å². The molecule has 0 spiro atoms. The van der Waals surface area contributed by atoms with Gasteiger partial charge in [0, 0.05) is 18.5 Å². The van der Waals surface area contributed by atoms with Gasteiger partial charge < -0.3 is 15.4 Å². The first-order valence-corrected chi connectivity index (χ1v) is 6.85. The Morgan fingerprint density at radius 1 is 1.25 bits per heavy atom. The third-order valence-electron chi connectivity index (χ3n) is 4.14. The summed E-state index contributed by atoms with van der Waals surface area (Å²) in [5, 5.41) is 0. The standard InChI is InChI=1S/C13H26N2O/c1-2-3-11-4-6-15(7-5-11)8-12-9-16-10-13(12)14/h11-13H,2-10,14H2,1H3. The highest BCUT2D eigenvalue weighted by Gasteiger charge is 2.28.